The lowest BCUT2D eigenvalue weighted by Gasteiger charge is -2.39. The Balaban J connectivity index is 1.46. The van der Waals surface area contributed by atoms with Gasteiger partial charge in [-0.05, 0) is 59.2 Å². The van der Waals surface area contributed by atoms with Crippen LogP contribution in [0, 0.1) is 39.9 Å². The molecule has 1 aliphatic heterocycles. The summed E-state index contributed by atoms with van der Waals surface area (Å²) in [5.41, 5.74) is 3.93. The van der Waals surface area contributed by atoms with Crippen LogP contribution >= 0.6 is 0 Å². The van der Waals surface area contributed by atoms with Crippen LogP contribution in [0.2, 0.25) is 0 Å². The fraction of sp³-hybridized carbons (Fsp3) is 0.824. The number of nitrogens with two attached hydrogens (primary N) is 1. The van der Waals surface area contributed by atoms with Gasteiger partial charge in [-0.2, -0.15) is 0 Å². The van der Waals surface area contributed by atoms with Crippen LogP contribution in [-0.4, -0.2) is 84.4 Å². The van der Waals surface area contributed by atoms with Gasteiger partial charge in [-0.3, -0.25) is 19.2 Å². The third-order valence-corrected chi connectivity index (χ3v) is 10.8. The average Bonchev–Trinajstić information content (AvgIpc) is 3.80. The van der Waals surface area contributed by atoms with E-state index in [9.17, 15) is 28.8 Å². The summed E-state index contributed by atoms with van der Waals surface area (Å²) in [4.78, 5) is 80.0. The molecule has 4 rings (SSSR count). The van der Waals surface area contributed by atoms with Crippen LogP contribution in [0.4, 0.5) is 9.59 Å². The first-order valence-corrected chi connectivity index (χ1v) is 17.1. The smallest absolute Gasteiger partial charge is 0.407 e. The van der Waals surface area contributed by atoms with Crippen molar-refractivity contribution in [3.63, 3.8) is 0 Å². The number of Topliss-reactive ketones (excluding diaryl/α,β-unsaturated/α-hetero) is 1. The molecule has 0 radical (unpaired) electrons. The second-order valence-corrected chi connectivity index (χ2v) is 17.0. The Hall–Kier alpha value is -3.38. The summed E-state index contributed by atoms with van der Waals surface area (Å²) in [5.74, 6) is -2.17. The molecule has 4 aliphatic rings. The predicted octanol–water partition coefficient (Wildman–Crippen LogP) is 2.46. The molecule has 4 fully saturated rings. The number of likely N-dealkylation sites (tertiary alicyclic amines) is 1. The van der Waals surface area contributed by atoms with E-state index >= 15 is 0 Å². The Morgan fingerprint density at radius 3 is 2.04 bits per heavy atom. The molecule has 1 heterocycles. The number of urea groups is 1. The molecular formula is C34H56N6O7. The largest absolute Gasteiger partial charge is 0.447 e. The van der Waals surface area contributed by atoms with E-state index in [0.717, 1.165) is 32.1 Å². The van der Waals surface area contributed by atoms with Gasteiger partial charge < -0.3 is 36.6 Å². The zero-order valence-corrected chi connectivity index (χ0v) is 29.4. The van der Waals surface area contributed by atoms with Gasteiger partial charge in [-0.25, -0.2) is 9.59 Å². The number of nitrogens with one attached hydrogen (secondary N) is 4. The summed E-state index contributed by atoms with van der Waals surface area (Å²) in [7, 11) is 0. The Morgan fingerprint density at radius 1 is 0.894 bits per heavy atom. The van der Waals surface area contributed by atoms with E-state index in [2.05, 4.69) is 35.1 Å². The number of primary amides is 1. The molecule has 47 heavy (non-hydrogen) atoms. The molecule has 0 aromatic rings. The maximum Gasteiger partial charge on any atom is 0.407 e. The third kappa shape index (κ3) is 8.76. The van der Waals surface area contributed by atoms with Gasteiger partial charge in [0.2, 0.25) is 17.6 Å². The van der Waals surface area contributed by atoms with E-state index in [1.807, 2.05) is 41.5 Å². The molecule has 1 unspecified atom stereocenters. The van der Waals surface area contributed by atoms with Crippen LogP contribution in [-0.2, 0) is 23.9 Å². The Kier molecular flexibility index (Phi) is 10.6. The SMILES string of the molecule is CC(C)(C)[C@H](COC(=O)NCC1CC1)NC(=O)N[C@H](C(=O)N1C[C@H]2[C@@H]([C@H]1C(=O)NC(CC1CCC1)C(=O)C(N)=O)C2(C)C)C(C)(C)C. The minimum absolute atomic E-state index is 0.0551. The minimum Gasteiger partial charge on any atom is -0.447 e. The van der Waals surface area contributed by atoms with E-state index in [1.165, 1.54) is 4.90 Å². The summed E-state index contributed by atoms with van der Waals surface area (Å²) < 4.78 is 5.42. The van der Waals surface area contributed by atoms with E-state index in [4.69, 9.17) is 10.5 Å². The molecule has 0 aromatic carbocycles. The third-order valence-electron chi connectivity index (χ3n) is 10.8. The number of ketones is 1. The molecule has 13 heteroatoms. The second-order valence-electron chi connectivity index (χ2n) is 17.0. The number of hydrogen-bond donors (Lipinski definition) is 5. The highest BCUT2D eigenvalue weighted by molar-refractivity contribution is 6.37. The van der Waals surface area contributed by atoms with Crippen LogP contribution in [0.25, 0.3) is 0 Å². The molecule has 6 atom stereocenters. The molecule has 264 valence electrons. The van der Waals surface area contributed by atoms with E-state index in [-0.39, 0.29) is 29.8 Å². The summed E-state index contributed by atoms with van der Waals surface area (Å²) in [6.45, 7) is 16.2. The first-order valence-electron chi connectivity index (χ1n) is 17.1. The number of carbonyl (C=O) groups excluding carboxylic acids is 6. The lowest BCUT2D eigenvalue weighted by atomic mass is 9.80. The number of ether oxygens (including phenoxy) is 1. The number of piperidine rings is 1. The Morgan fingerprint density at radius 2 is 1.53 bits per heavy atom. The van der Waals surface area contributed by atoms with Crippen molar-refractivity contribution in [2.45, 2.75) is 118 Å². The number of rotatable bonds is 13. The average molecular weight is 661 g/mol. The van der Waals surface area contributed by atoms with Gasteiger partial charge >= 0.3 is 12.1 Å². The fourth-order valence-electron chi connectivity index (χ4n) is 6.95. The van der Waals surface area contributed by atoms with Gasteiger partial charge in [-0.1, -0.05) is 74.7 Å². The summed E-state index contributed by atoms with van der Waals surface area (Å²) in [6, 6.07) is -4.07. The van der Waals surface area contributed by atoms with Crippen LogP contribution in [0.5, 0.6) is 0 Å². The molecule has 0 bridgehead atoms. The lowest BCUT2D eigenvalue weighted by molar-refractivity contribution is -0.145. The van der Waals surface area contributed by atoms with Gasteiger partial charge in [0.1, 0.15) is 18.7 Å². The monoisotopic (exact) mass is 660 g/mol. The molecule has 3 saturated carbocycles. The number of alkyl carbamates (subject to hydrolysis) is 1. The summed E-state index contributed by atoms with van der Waals surface area (Å²) >= 11 is 0. The zero-order chi connectivity index (χ0) is 35.1. The van der Waals surface area contributed by atoms with Gasteiger partial charge in [0.15, 0.2) is 0 Å². The van der Waals surface area contributed by atoms with Crippen molar-refractivity contribution >= 4 is 35.6 Å². The molecule has 6 N–H and O–H groups in total. The van der Waals surface area contributed by atoms with Crippen molar-refractivity contribution in [1.82, 2.24) is 26.2 Å². The van der Waals surface area contributed by atoms with Crippen molar-refractivity contribution < 1.29 is 33.5 Å². The molecule has 1 saturated heterocycles. The van der Waals surface area contributed by atoms with E-state index in [1.54, 1.807) is 0 Å². The van der Waals surface area contributed by atoms with Crippen LogP contribution < -0.4 is 27.0 Å². The van der Waals surface area contributed by atoms with Crippen molar-refractivity contribution in [2.24, 2.45) is 45.7 Å². The van der Waals surface area contributed by atoms with Crippen molar-refractivity contribution in [1.29, 1.82) is 0 Å². The van der Waals surface area contributed by atoms with Gasteiger partial charge in [0.25, 0.3) is 5.91 Å². The van der Waals surface area contributed by atoms with Crippen molar-refractivity contribution in [3.05, 3.63) is 0 Å². The minimum atomic E-state index is -1.10. The first-order chi connectivity index (χ1) is 21.7. The van der Waals surface area contributed by atoms with Crippen molar-refractivity contribution in [2.75, 3.05) is 19.7 Å². The van der Waals surface area contributed by atoms with Crippen LogP contribution in [0.1, 0.15) is 93.9 Å². The fourth-order valence-corrected chi connectivity index (χ4v) is 6.95. The number of nitrogens with zero attached hydrogens (tertiary/aromatic N) is 1. The zero-order valence-electron chi connectivity index (χ0n) is 29.4. The number of carbonyl (C=O) groups is 6. The maximum absolute atomic E-state index is 14.3. The normalized spacial score (nSPS) is 25.3. The molecule has 0 aromatic heterocycles. The van der Waals surface area contributed by atoms with Gasteiger partial charge in [0, 0.05) is 13.1 Å². The van der Waals surface area contributed by atoms with Gasteiger partial charge in [0.05, 0.1) is 12.1 Å². The molecule has 13 nitrogen and oxygen atoms in total. The Labute approximate surface area is 278 Å². The highest BCUT2D eigenvalue weighted by Gasteiger charge is 2.70. The molecular weight excluding hydrogens is 604 g/mol. The summed E-state index contributed by atoms with van der Waals surface area (Å²) in [6.07, 6.45) is 4.85. The number of amides is 6. The molecule has 0 spiro atoms. The van der Waals surface area contributed by atoms with Crippen molar-refractivity contribution in [3.8, 4) is 0 Å². The van der Waals surface area contributed by atoms with Gasteiger partial charge in [-0.15, -0.1) is 0 Å². The van der Waals surface area contributed by atoms with Crippen LogP contribution in [0.15, 0.2) is 0 Å². The maximum atomic E-state index is 14.3. The first kappa shape index (κ1) is 36.5. The standard InChI is InChI=1S/C34H56N6O7/c1-32(2,3)22(17-47-31(46)36-15-19-12-13-19)38-30(45)39-26(33(4,5)6)29(44)40-16-20-23(34(20,7)8)24(40)28(43)37-21(25(41)27(35)42)14-18-10-9-11-18/h18-24,26H,9-17H2,1-8H3,(H2,35,42)(H,36,46)(H,37,43)(H2,38,39,45)/t20-,21?,22-,23-,24-,26+/m0/s1. The number of fused-ring (bicyclic) bond motifs is 1. The predicted molar refractivity (Wildman–Crippen MR) is 175 cm³/mol. The number of hydrogen-bond acceptors (Lipinski definition) is 7. The second kappa shape index (κ2) is 13.6. The molecule has 6 amide bonds. The van der Waals surface area contributed by atoms with Crippen LogP contribution in [0.3, 0.4) is 0 Å². The lowest BCUT2D eigenvalue weighted by Crippen LogP contribution is -2.62. The van der Waals surface area contributed by atoms with E-state index < -0.39 is 70.6 Å². The van der Waals surface area contributed by atoms with E-state index in [0.29, 0.717) is 25.4 Å². The highest BCUT2D eigenvalue weighted by Crippen LogP contribution is 2.65. The summed E-state index contributed by atoms with van der Waals surface area (Å²) in [5, 5.41) is 11.3. The molecule has 3 aliphatic carbocycles. The Bertz CT molecular complexity index is 1250. The quantitative estimate of drug-likeness (QED) is 0.188. The highest BCUT2D eigenvalue weighted by atomic mass is 16.5. The topological polar surface area (TPSA) is 189 Å².